The van der Waals surface area contributed by atoms with E-state index in [1.54, 1.807) is 25.2 Å². The summed E-state index contributed by atoms with van der Waals surface area (Å²) in [5.41, 5.74) is 1.47. The lowest BCUT2D eigenvalue weighted by Gasteiger charge is -2.21. The smallest absolute Gasteiger partial charge is 0.295 e. The molecule has 2 aromatic rings. The fraction of sp³-hybridized carbons (Fsp3) is 0.389. The van der Waals surface area contributed by atoms with Crippen LogP contribution in [0.15, 0.2) is 23.0 Å². The first-order valence-electron chi connectivity index (χ1n) is 8.55. The Bertz CT molecular complexity index is 1180. The van der Waals surface area contributed by atoms with E-state index in [1.165, 1.54) is 9.13 Å². The zero-order chi connectivity index (χ0) is 20.5. The molecule has 1 fully saturated rings. The van der Waals surface area contributed by atoms with Crippen molar-refractivity contribution < 1.29 is 22.2 Å². The zero-order valence-corrected chi connectivity index (χ0v) is 16.2. The Morgan fingerprint density at radius 3 is 2.68 bits per heavy atom. The molecule has 0 saturated carbocycles. The van der Waals surface area contributed by atoms with Crippen LogP contribution in [-0.2, 0) is 30.9 Å². The van der Waals surface area contributed by atoms with Crippen molar-refractivity contribution in [2.75, 3.05) is 12.9 Å². The summed E-state index contributed by atoms with van der Waals surface area (Å²) in [6.07, 6.45) is 1.66. The van der Waals surface area contributed by atoms with Gasteiger partial charge in [-0.2, -0.15) is 8.42 Å². The summed E-state index contributed by atoms with van der Waals surface area (Å²) < 4.78 is 29.2. The van der Waals surface area contributed by atoms with Crippen LogP contribution in [-0.4, -0.2) is 42.2 Å². The molecule has 10 heteroatoms. The summed E-state index contributed by atoms with van der Waals surface area (Å²) in [6.45, 7) is -0.0293. The van der Waals surface area contributed by atoms with Gasteiger partial charge in [-0.05, 0) is 24.6 Å². The number of carbonyl (C=O) groups is 2. The second-order valence-electron chi connectivity index (χ2n) is 6.46. The van der Waals surface area contributed by atoms with Crippen molar-refractivity contribution in [3.63, 3.8) is 0 Å². The summed E-state index contributed by atoms with van der Waals surface area (Å²) in [4.78, 5) is 36.2. The fourth-order valence-electron chi connectivity index (χ4n) is 3.08. The van der Waals surface area contributed by atoms with Gasteiger partial charge in [-0.1, -0.05) is 11.8 Å². The summed E-state index contributed by atoms with van der Waals surface area (Å²) in [5, 5.41) is 2.27. The van der Waals surface area contributed by atoms with Crippen LogP contribution in [0.3, 0.4) is 0 Å². The number of aromatic nitrogens is 2. The number of benzene rings is 1. The first kappa shape index (κ1) is 19.9. The van der Waals surface area contributed by atoms with Gasteiger partial charge >= 0.3 is 5.69 Å². The molecular formula is C18H19N3O6S. The van der Waals surface area contributed by atoms with Gasteiger partial charge in [0.25, 0.3) is 10.1 Å². The largest absolute Gasteiger partial charge is 0.329 e. The quantitative estimate of drug-likeness (QED) is 0.332. The normalized spacial score (nSPS) is 17.3. The van der Waals surface area contributed by atoms with Crippen LogP contribution >= 0.6 is 0 Å². The molecule has 148 valence electrons. The van der Waals surface area contributed by atoms with Crippen molar-refractivity contribution in [2.45, 2.75) is 25.3 Å². The number of imide groups is 1. The number of amides is 2. The van der Waals surface area contributed by atoms with E-state index in [1.807, 2.05) is 0 Å². The van der Waals surface area contributed by atoms with Crippen LogP contribution in [0.2, 0.25) is 0 Å². The highest BCUT2D eigenvalue weighted by Gasteiger charge is 2.31. The highest BCUT2D eigenvalue weighted by molar-refractivity contribution is 7.85. The number of carbonyl (C=O) groups excluding carboxylic acids is 2. The molecule has 28 heavy (non-hydrogen) atoms. The van der Waals surface area contributed by atoms with Crippen LogP contribution in [0.5, 0.6) is 0 Å². The second-order valence-corrected chi connectivity index (χ2v) is 8.10. The fourth-order valence-corrected chi connectivity index (χ4v) is 3.47. The molecule has 1 aliphatic heterocycles. The lowest BCUT2D eigenvalue weighted by molar-refractivity contribution is -0.135. The molecule has 0 radical (unpaired) electrons. The maximum Gasteiger partial charge on any atom is 0.329 e. The van der Waals surface area contributed by atoms with Gasteiger partial charge in [0.1, 0.15) is 6.04 Å². The Kier molecular flexibility index (Phi) is 5.40. The van der Waals surface area contributed by atoms with Crippen molar-refractivity contribution in [3.8, 4) is 11.8 Å². The molecule has 1 N–H and O–H groups in total. The lowest BCUT2D eigenvalue weighted by Crippen LogP contribution is -2.44. The summed E-state index contributed by atoms with van der Waals surface area (Å²) in [7, 11) is -1.89. The van der Waals surface area contributed by atoms with Gasteiger partial charge < -0.3 is 0 Å². The minimum absolute atomic E-state index is 0.0293. The van der Waals surface area contributed by atoms with Gasteiger partial charge in [0.2, 0.25) is 11.8 Å². The maximum absolute atomic E-state index is 12.7. The molecule has 1 aromatic carbocycles. The number of piperidine rings is 1. The number of nitrogens with zero attached hydrogens (tertiary/aromatic N) is 2. The predicted octanol–water partition coefficient (Wildman–Crippen LogP) is 0.0355. The third-order valence-electron chi connectivity index (χ3n) is 4.37. The average Bonchev–Trinajstić information content (AvgIpc) is 2.85. The number of hydrogen-bond donors (Lipinski definition) is 1. The monoisotopic (exact) mass is 405 g/mol. The minimum Gasteiger partial charge on any atom is -0.295 e. The Morgan fingerprint density at radius 2 is 2.00 bits per heavy atom. The Balaban J connectivity index is 1.88. The first-order valence-corrected chi connectivity index (χ1v) is 10.4. The van der Waals surface area contributed by atoms with E-state index in [4.69, 9.17) is 0 Å². The standard InChI is InChI=1S/C18H19N3O6S/c1-20-15-11-12(5-3-4-10-27-28(2,25)26)6-7-13(15)21(18(20)24)14-8-9-16(22)19-17(14)23/h6-7,11,14H,4,8-10H2,1-2H3,(H,19,22,23). The van der Waals surface area contributed by atoms with E-state index in [0.717, 1.165) is 6.26 Å². The maximum atomic E-state index is 12.7. The van der Waals surface area contributed by atoms with E-state index in [2.05, 4.69) is 21.3 Å². The number of aryl methyl sites for hydroxylation is 1. The highest BCUT2D eigenvalue weighted by atomic mass is 32.2. The van der Waals surface area contributed by atoms with Gasteiger partial charge in [-0.3, -0.25) is 28.2 Å². The third kappa shape index (κ3) is 4.16. The lowest BCUT2D eigenvalue weighted by atomic mass is 10.1. The second kappa shape index (κ2) is 7.61. The topological polar surface area (TPSA) is 116 Å². The van der Waals surface area contributed by atoms with E-state index in [-0.39, 0.29) is 37.5 Å². The summed E-state index contributed by atoms with van der Waals surface area (Å²) in [5.74, 6) is 4.89. The Morgan fingerprint density at radius 1 is 1.25 bits per heavy atom. The summed E-state index contributed by atoms with van der Waals surface area (Å²) >= 11 is 0. The van der Waals surface area contributed by atoms with Gasteiger partial charge in [0.05, 0.1) is 23.9 Å². The molecule has 1 saturated heterocycles. The average molecular weight is 405 g/mol. The number of imidazole rings is 1. The zero-order valence-electron chi connectivity index (χ0n) is 15.4. The van der Waals surface area contributed by atoms with Crippen LogP contribution in [0, 0.1) is 11.8 Å². The van der Waals surface area contributed by atoms with Crippen molar-refractivity contribution in [3.05, 3.63) is 34.2 Å². The number of rotatable bonds is 4. The van der Waals surface area contributed by atoms with Gasteiger partial charge in [0, 0.05) is 25.5 Å². The molecule has 0 aliphatic carbocycles. The predicted molar refractivity (Wildman–Crippen MR) is 101 cm³/mol. The van der Waals surface area contributed by atoms with Crippen LogP contribution < -0.4 is 11.0 Å². The highest BCUT2D eigenvalue weighted by Crippen LogP contribution is 2.23. The summed E-state index contributed by atoms with van der Waals surface area (Å²) in [6, 6.07) is 4.41. The molecular weight excluding hydrogens is 386 g/mol. The van der Waals surface area contributed by atoms with Gasteiger partial charge in [-0.25, -0.2) is 4.79 Å². The molecule has 1 atom stereocenters. The SMILES string of the molecule is Cn1c(=O)n(C2CCC(=O)NC2=O)c2ccc(C#CCCOS(C)(=O)=O)cc21. The molecule has 1 aliphatic rings. The number of nitrogens with one attached hydrogen (secondary N) is 1. The Labute approximate surface area is 161 Å². The molecule has 0 bridgehead atoms. The molecule has 1 unspecified atom stereocenters. The van der Waals surface area contributed by atoms with Gasteiger partial charge in [-0.15, -0.1) is 0 Å². The van der Waals surface area contributed by atoms with E-state index in [9.17, 15) is 22.8 Å². The number of hydrogen-bond acceptors (Lipinski definition) is 6. The van der Waals surface area contributed by atoms with E-state index < -0.39 is 22.1 Å². The molecule has 2 amide bonds. The minimum atomic E-state index is -3.49. The molecule has 3 rings (SSSR count). The molecule has 2 heterocycles. The van der Waals surface area contributed by atoms with Gasteiger partial charge in [0.15, 0.2) is 0 Å². The Hall–Kier alpha value is -2.90. The van der Waals surface area contributed by atoms with Crippen molar-refractivity contribution >= 4 is 33.0 Å². The van der Waals surface area contributed by atoms with Crippen molar-refractivity contribution in [1.82, 2.24) is 14.5 Å². The third-order valence-corrected chi connectivity index (χ3v) is 4.96. The van der Waals surface area contributed by atoms with Crippen LogP contribution in [0.1, 0.15) is 30.9 Å². The molecule has 0 spiro atoms. The van der Waals surface area contributed by atoms with E-state index >= 15 is 0 Å². The molecule has 1 aromatic heterocycles. The van der Waals surface area contributed by atoms with Crippen LogP contribution in [0.4, 0.5) is 0 Å². The van der Waals surface area contributed by atoms with Crippen LogP contribution in [0.25, 0.3) is 11.0 Å². The van der Waals surface area contributed by atoms with Crippen molar-refractivity contribution in [2.24, 2.45) is 7.05 Å². The first-order chi connectivity index (χ1) is 13.2. The van der Waals surface area contributed by atoms with Crippen molar-refractivity contribution in [1.29, 1.82) is 0 Å². The number of fused-ring (bicyclic) bond motifs is 1. The van der Waals surface area contributed by atoms with E-state index in [0.29, 0.717) is 16.6 Å². The molecule has 9 nitrogen and oxygen atoms in total.